The van der Waals surface area contributed by atoms with Gasteiger partial charge in [-0.1, -0.05) is 25.5 Å². The molecule has 188 valence electrons. The summed E-state index contributed by atoms with van der Waals surface area (Å²) in [4.78, 5) is 17.4. The van der Waals surface area contributed by atoms with Crippen molar-refractivity contribution in [3.63, 3.8) is 0 Å². The van der Waals surface area contributed by atoms with Gasteiger partial charge in [0.15, 0.2) is 0 Å². The normalized spacial score (nSPS) is 39.4. The van der Waals surface area contributed by atoms with Gasteiger partial charge in [-0.2, -0.15) is 0 Å². The van der Waals surface area contributed by atoms with Crippen molar-refractivity contribution in [3.05, 3.63) is 11.6 Å². The summed E-state index contributed by atoms with van der Waals surface area (Å²) < 4.78 is 24.4. The van der Waals surface area contributed by atoms with E-state index in [1.165, 1.54) is 5.57 Å². The maximum absolute atomic E-state index is 13.1. The van der Waals surface area contributed by atoms with E-state index in [1.807, 2.05) is 4.90 Å². The molecule has 0 aromatic rings. The van der Waals surface area contributed by atoms with Gasteiger partial charge >= 0.3 is 6.09 Å². The van der Waals surface area contributed by atoms with E-state index in [0.717, 1.165) is 64.9 Å². The summed E-state index contributed by atoms with van der Waals surface area (Å²) in [6, 6.07) is 0.286. The van der Waals surface area contributed by atoms with Crippen LogP contribution in [0.15, 0.2) is 11.6 Å². The molecule has 0 bridgehead atoms. The van der Waals surface area contributed by atoms with Crippen LogP contribution in [0.1, 0.15) is 66.7 Å². The number of methoxy groups -OCH3 is 1. The molecule has 4 rings (SSSR count). The minimum Gasteiger partial charge on any atom is -0.443 e. The molecule has 0 aromatic carbocycles. The van der Waals surface area contributed by atoms with Crippen LogP contribution >= 0.6 is 0 Å². The lowest BCUT2D eigenvalue weighted by Gasteiger charge is -2.45. The zero-order valence-corrected chi connectivity index (χ0v) is 21.5. The number of amides is 1. The lowest BCUT2D eigenvalue weighted by molar-refractivity contribution is -0.125. The first-order chi connectivity index (χ1) is 15.8. The second-order valence-electron chi connectivity index (χ2n) is 10.8. The van der Waals surface area contributed by atoms with E-state index in [-0.39, 0.29) is 47.6 Å². The van der Waals surface area contributed by atoms with Crippen LogP contribution in [-0.4, -0.2) is 91.3 Å². The molecule has 33 heavy (non-hydrogen) atoms. The number of nitrogens with zero attached hydrogens (tertiary/aromatic N) is 2. The van der Waals surface area contributed by atoms with E-state index >= 15 is 0 Å². The monoisotopic (exact) mass is 464 g/mol. The molecule has 5 unspecified atom stereocenters. The summed E-state index contributed by atoms with van der Waals surface area (Å²) in [7, 11) is 1.73. The fourth-order valence-electron chi connectivity index (χ4n) is 6.12. The number of epoxide rings is 2. The Labute approximate surface area is 199 Å². The minimum atomic E-state index is -0.308. The van der Waals surface area contributed by atoms with Crippen LogP contribution in [0.2, 0.25) is 0 Å². The molecule has 1 saturated carbocycles. The second-order valence-corrected chi connectivity index (χ2v) is 10.8. The number of ether oxygens (including phenoxy) is 4. The van der Waals surface area contributed by atoms with Gasteiger partial charge in [0.2, 0.25) is 0 Å². The first-order valence-electron chi connectivity index (χ1n) is 13.0. The van der Waals surface area contributed by atoms with E-state index in [4.69, 9.17) is 18.9 Å². The Hall–Kier alpha value is -1.15. The summed E-state index contributed by atoms with van der Waals surface area (Å²) >= 11 is 0. The van der Waals surface area contributed by atoms with Crippen molar-refractivity contribution in [2.45, 2.75) is 102 Å². The SMILES string of the molecule is CCN(CC)CCC1CCN1C(=O)OC1CCC2(CO2)C([C@@]2(C)O[C@@H]2CC=C(C)C)C1OC. The third-order valence-corrected chi connectivity index (χ3v) is 8.54. The van der Waals surface area contributed by atoms with Crippen molar-refractivity contribution in [3.8, 4) is 0 Å². The van der Waals surface area contributed by atoms with Crippen molar-refractivity contribution in [1.29, 1.82) is 0 Å². The number of hydrogen-bond acceptors (Lipinski definition) is 6. The van der Waals surface area contributed by atoms with Gasteiger partial charge in [0, 0.05) is 26.2 Å². The zero-order valence-electron chi connectivity index (χ0n) is 21.5. The topological polar surface area (TPSA) is 67.1 Å². The van der Waals surface area contributed by atoms with Crippen LogP contribution in [-0.2, 0) is 18.9 Å². The van der Waals surface area contributed by atoms with Crippen LogP contribution in [0.5, 0.6) is 0 Å². The fourth-order valence-corrected chi connectivity index (χ4v) is 6.12. The second kappa shape index (κ2) is 9.84. The summed E-state index contributed by atoms with van der Waals surface area (Å²) in [5.74, 6) is 0.0620. The van der Waals surface area contributed by atoms with Crippen LogP contribution < -0.4 is 0 Å². The third-order valence-electron chi connectivity index (χ3n) is 8.54. The third kappa shape index (κ3) is 4.97. The molecule has 4 aliphatic rings. The minimum absolute atomic E-state index is 0.0620. The average molecular weight is 465 g/mol. The zero-order chi connectivity index (χ0) is 23.8. The molecule has 1 amide bonds. The van der Waals surface area contributed by atoms with Crippen molar-refractivity contribution < 1.29 is 23.7 Å². The molecule has 1 spiro atoms. The molecule has 3 aliphatic heterocycles. The van der Waals surface area contributed by atoms with Crippen LogP contribution in [0, 0.1) is 5.92 Å². The molecule has 3 heterocycles. The number of allylic oxidation sites excluding steroid dienone is 1. The molecule has 7 heteroatoms. The molecular formula is C26H44N2O5. The van der Waals surface area contributed by atoms with Crippen LogP contribution in [0.3, 0.4) is 0 Å². The Kier molecular flexibility index (Phi) is 7.44. The molecule has 3 saturated heterocycles. The van der Waals surface area contributed by atoms with Gasteiger partial charge in [0.1, 0.15) is 23.4 Å². The molecule has 0 aromatic heterocycles. The number of carbonyl (C=O) groups is 1. The molecule has 1 aliphatic carbocycles. The van der Waals surface area contributed by atoms with Crippen molar-refractivity contribution in [2.24, 2.45) is 5.92 Å². The largest absolute Gasteiger partial charge is 0.443 e. The summed E-state index contributed by atoms with van der Waals surface area (Å²) in [6.45, 7) is 15.4. The average Bonchev–Trinajstić information content (AvgIpc) is 3.67. The molecule has 4 fully saturated rings. The molecule has 7 nitrogen and oxygen atoms in total. The Bertz CT molecular complexity index is 730. The number of carbonyl (C=O) groups excluding carboxylic acids is 1. The Morgan fingerprint density at radius 2 is 1.97 bits per heavy atom. The van der Waals surface area contributed by atoms with Gasteiger partial charge in [-0.05, 0) is 66.0 Å². The van der Waals surface area contributed by atoms with E-state index in [2.05, 4.69) is 45.6 Å². The first kappa shape index (κ1) is 25.0. The highest BCUT2D eigenvalue weighted by Crippen LogP contribution is 2.59. The van der Waals surface area contributed by atoms with Gasteiger partial charge in [0.25, 0.3) is 0 Å². The van der Waals surface area contributed by atoms with E-state index < -0.39 is 0 Å². The maximum atomic E-state index is 13.1. The summed E-state index contributed by atoms with van der Waals surface area (Å²) in [6.07, 6.45) is 6.34. The molecule has 7 atom stereocenters. The fraction of sp³-hybridized carbons (Fsp3) is 0.885. The van der Waals surface area contributed by atoms with Gasteiger partial charge in [-0.3, -0.25) is 0 Å². The van der Waals surface area contributed by atoms with Crippen molar-refractivity contribution >= 4 is 6.09 Å². The lowest BCUT2D eigenvalue weighted by Crippen LogP contribution is -2.58. The number of likely N-dealkylation sites (tertiary alicyclic amines) is 1. The van der Waals surface area contributed by atoms with Gasteiger partial charge in [-0.25, -0.2) is 4.79 Å². The van der Waals surface area contributed by atoms with Gasteiger partial charge < -0.3 is 28.7 Å². The highest BCUT2D eigenvalue weighted by Gasteiger charge is 2.72. The molecular weight excluding hydrogens is 420 g/mol. The Morgan fingerprint density at radius 1 is 1.24 bits per heavy atom. The lowest BCUT2D eigenvalue weighted by atomic mass is 9.68. The smallest absolute Gasteiger partial charge is 0.410 e. The standard InChI is InChI=1S/C26H44N2O5/c1-7-27(8-2)15-12-19-13-16-28(19)24(29)32-20-11-14-26(17-31-26)23(22(20)30-6)25(5)21(33-25)10-9-18(3)4/h9,19-23H,7-8,10-17H2,1-6H3/t19?,20?,21-,22?,23?,25+,26?/m1/s1. The van der Waals surface area contributed by atoms with Crippen LogP contribution in [0.25, 0.3) is 0 Å². The molecule has 0 N–H and O–H groups in total. The van der Waals surface area contributed by atoms with Gasteiger partial charge in [-0.15, -0.1) is 0 Å². The Morgan fingerprint density at radius 3 is 2.52 bits per heavy atom. The van der Waals surface area contributed by atoms with E-state index in [9.17, 15) is 4.79 Å². The summed E-state index contributed by atoms with van der Waals surface area (Å²) in [5, 5.41) is 0. The predicted molar refractivity (Wildman–Crippen MR) is 127 cm³/mol. The van der Waals surface area contributed by atoms with E-state index in [0.29, 0.717) is 0 Å². The van der Waals surface area contributed by atoms with Crippen molar-refractivity contribution in [2.75, 3.05) is 39.9 Å². The summed E-state index contributed by atoms with van der Waals surface area (Å²) in [5.41, 5.74) is 0.798. The highest BCUT2D eigenvalue weighted by molar-refractivity contribution is 5.69. The predicted octanol–water partition coefficient (Wildman–Crippen LogP) is 4.01. The number of rotatable bonds is 10. The highest BCUT2D eigenvalue weighted by atomic mass is 16.6. The van der Waals surface area contributed by atoms with E-state index in [1.54, 1.807) is 7.11 Å². The van der Waals surface area contributed by atoms with Crippen LogP contribution in [0.4, 0.5) is 4.79 Å². The van der Waals surface area contributed by atoms with Gasteiger partial charge in [0.05, 0.1) is 18.6 Å². The first-order valence-corrected chi connectivity index (χ1v) is 13.0. The Balaban J connectivity index is 1.38. The van der Waals surface area contributed by atoms with Crippen molar-refractivity contribution in [1.82, 2.24) is 9.80 Å². The molecule has 0 radical (unpaired) electrons. The number of hydrogen-bond donors (Lipinski definition) is 0. The quantitative estimate of drug-likeness (QED) is 0.360. The maximum Gasteiger partial charge on any atom is 0.410 e.